The normalized spacial score (nSPS) is 10.5. The van der Waals surface area contributed by atoms with Gasteiger partial charge >= 0.3 is 0 Å². The lowest BCUT2D eigenvalue weighted by atomic mass is 10.1. The minimum absolute atomic E-state index is 0.624. The molecule has 20 heavy (non-hydrogen) atoms. The topological polar surface area (TPSA) is 21.3 Å². The molecule has 0 saturated heterocycles. The van der Waals surface area contributed by atoms with E-state index in [-0.39, 0.29) is 0 Å². The lowest BCUT2D eigenvalue weighted by Gasteiger charge is -2.10. The van der Waals surface area contributed by atoms with Crippen LogP contribution in [0.4, 0.5) is 0 Å². The molecule has 2 heteroatoms. The van der Waals surface area contributed by atoms with Crippen molar-refractivity contribution in [2.24, 2.45) is 0 Å². The number of ether oxygens (including phenoxy) is 1. The van der Waals surface area contributed by atoms with E-state index in [0.29, 0.717) is 6.61 Å². The average molecular weight is 269 g/mol. The Balaban J connectivity index is 1.93. The molecule has 0 saturated carbocycles. The molecule has 0 amide bonds. The summed E-state index contributed by atoms with van der Waals surface area (Å²) < 4.78 is 5.92. The molecule has 0 bridgehead atoms. The second kappa shape index (κ2) is 7.71. The maximum absolute atomic E-state index is 5.92. The van der Waals surface area contributed by atoms with Crippen molar-refractivity contribution >= 4 is 0 Å². The van der Waals surface area contributed by atoms with Crippen molar-refractivity contribution in [1.29, 1.82) is 0 Å². The molecule has 2 aromatic rings. The monoisotopic (exact) mass is 269 g/mol. The number of benzene rings is 2. The van der Waals surface area contributed by atoms with Gasteiger partial charge in [-0.15, -0.1) is 0 Å². The Labute approximate surface area is 121 Å². The van der Waals surface area contributed by atoms with Crippen molar-refractivity contribution in [2.75, 3.05) is 6.54 Å². The van der Waals surface area contributed by atoms with E-state index in [1.54, 1.807) is 0 Å². The summed E-state index contributed by atoms with van der Waals surface area (Å²) in [5.41, 5.74) is 3.77. The predicted molar refractivity (Wildman–Crippen MR) is 84.0 cm³/mol. The fourth-order valence-corrected chi connectivity index (χ4v) is 2.12. The zero-order valence-electron chi connectivity index (χ0n) is 12.4. The van der Waals surface area contributed by atoms with Crippen LogP contribution in [0.1, 0.15) is 30.5 Å². The molecule has 106 valence electrons. The molecule has 0 aliphatic rings. The first-order valence-electron chi connectivity index (χ1n) is 7.32. The standard InChI is InChI=1S/C18H23NO/c1-3-17-7-5-6-8-18(17)20-14-16-11-9-15(10-12-16)13-19-4-2/h5-12,19H,3-4,13-14H2,1-2H3. The Morgan fingerprint density at radius 1 is 0.900 bits per heavy atom. The second-order valence-electron chi connectivity index (χ2n) is 4.85. The Morgan fingerprint density at radius 3 is 2.30 bits per heavy atom. The summed E-state index contributed by atoms with van der Waals surface area (Å²) in [4.78, 5) is 0. The van der Waals surface area contributed by atoms with E-state index in [0.717, 1.165) is 25.3 Å². The molecule has 2 rings (SSSR count). The summed E-state index contributed by atoms with van der Waals surface area (Å²) in [5, 5.41) is 3.33. The van der Waals surface area contributed by atoms with Crippen molar-refractivity contribution in [3.8, 4) is 5.75 Å². The number of hydrogen-bond acceptors (Lipinski definition) is 2. The van der Waals surface area contributed by atoms with Gasteiger partial charge in [0.2, 0.25) is 0 Å². The van der Waals surface area contributed by atoms with Gasteiger partial charge in [-0.1, -0.05) is 56.3 Å². The number of aryl methyl sites for hydroxylation is 1. The van der Waals surface area contributed by atoms with Crippen LogP contribution in [0, 0.1) is 0 Å². The first kappa shape index (κ1) is 14.6. The lowest BCUT2D eigenvalue weighted by molar-refractivity contribution is 0.303. The number of nitrogens with one attached hydrogen (secondary N) is 1. The lowest BCUT2D eigenvalue weighted by Crippen LogP contribution is -2.11. The van der Waals surface area contributed by atoms with E-state index in [2.05, 4.69) is 55.6 Å². The van der Waals surface area contributed by atoms with Gasteiger partial charge in [0.05, 0.1) is 0 Å². The number of hydrogen-bond donors (Lipinski definition) is 1. The highest BCUT2D eigenvalue weighted by Gasteiger charge is 2.01. The quantitative estimate of drug-likeness (QED) is 0.822. The zero-order valence-corrected chi connectivity index (χ0v) is 12.4. The van der Waals surface area contributed by atoms with Gasteiger partial charge in [-0.25, -0.2) is 0 Å². The summed E-state index contributed by atoms with van der Waals surface area (Å²) in [5.74, 6) is 0.992. The molecule has 0 atom stereocenters. The number of rotatable bonds is 7. The largest absolute Gasteiger partial charge is 0.489 e. The van der Waals surface area contributed by atoms with Crippen LogP contribution in [0.3, 0.4) is 0 Å². The maximum atomic E-state index is 5.92. The SMILES string of the molecule is CCNCc1ccc(COc2ccccc2CC)cc1. The average Bonchev–Trinajstić information content (AvgIpc) is 2.52. The van der Waals surface area contributed by atoms with Gasteiger partial charge in [0, 0.05) is 6.54 Å². The molecule has 0 spiro atoms. The van der Waals surface area contributed by atoms with Crippen molar-refractivity contribution in [3.05, 3.63) is 65.2 Å². The maximum Gasteiger partial charge on any atom is 0.122 e. The third-order valence-electron chi connectivity index (χ3n) is 3.35. The minimum atomic E-state index is 0.624. The van der Waals surface area contributed by atoms with Crippen molar-refractivity contribution in [3.63, 3.8) is 0 Å². The highest BCUT2D eigenvalue weighted by molar-refractivity contribution is 5.33. The van der Waals surface area contributed by atoms with Crippen LogP contribution in [-0.4, -0.2) is 6.54 Å². The molecule has 0 radical (unpaired) electrons. The number of para-hydroxylation sites is 1. The summed E-state index contributed by atoms with van der Waals surface area (Å²) >= 11 is 0. The van der Waals surface area contributed by atoms with Gasteiger partial charge in [0.25, 0.3) is 0 Å². The predicted octanol–water partition coefficient (Wildman–Crippen LogP) is 3.94. The third-order valence-corrected chi connectivity index (χ3v) is 3.35. The van der Waals surface area contributed by atoms with Crippen molar-refractivity contribution in [2.45, 2.75) is 33.4 Å². The Kier molecular flexibility index (Phi) is 5.63. The van der Waals surface area contributed by atoms with Gasteiger partial charge in [0.1, 0.15) is 12.4 Å². The van der Waals surface area contributed by atoms with Gasteiger partial charge in [-0.05, 0) is 35.7 Å². The highest BCUT2D eigenvalue weighted by atomic mass is 16.5. The van der Waals surface area contributed by atoms with Gasteiger partial charge < -0.3 is 10.1 Å². The summed E-state index contributed by atoms with van der Waals surface area (Å²) in [6.45, 7) is 6.82. The van der Waals surface area contributed by atoms with Crippen LogP contribution in [0.25, 0.3) is 0 Å². The Bertz CT molecular complexity index is 519. The van der Waals surface area contributed by atoms with Crippen LogP contribution >= 0.6 is 0 Å². The van der Waals surface area contributed by atoms with E-state index in [1.807, 2.05) is 12.1 Å². The van der Waals surface area contributed by atoms with Crippen molar-refractivity contribution < 1.29 is 4.74 Å². The van der Waals surface area contributed by atoms with Gasteiger partial charge in [-0.3, -0.25) is 0 Å². The van der Waals surface area contributed by atoms with E-state index in [9.17, 15) is 0 Å². The first-order chi connectivity index (χ1) is 9.83. The van der Waals surface area contributed by atoms with Crippen LogP contribution in [0.2, 0.25) is 0 Å². The third kappa shape index (κ3) is 4.10. The minimum Gasteiger partial charge on any atom is -0.489 e. The fourth-order valence-electron chi connectivity index (χ4n) is 2.12. The van der Waals surface area contributed by atoms with Crippen LogP contribution in [-0.2, 0) is 19.6 Å². The Hall–Kier alpha value is -1.80. The van der Waals surface area contributed by atoms with E-state index in [1.165, 1.54) is 16.7 Å². The zero-order chi connectivity index (χ0) is 14.2. The van der Waals surface area contributed by atoms with Crippen molar-refractivity contribution in [1.82, 2.24) is 5.32 Å². The molecule has 0 aliphatic heterocycles. The molecule has 2 aromatic carbocycles. The summed E-state index contributed by atoms with van der Waals surface area (Å²) in [6, 6.07) is 16.8. The molecule has 2 nitrogen and oxygen atoms in total. The molecule has 0 heterocycles. The van der Waals surface area contributed by atoms with Gasteiger partial charge in [0.15, 0.2) is 0 Å². The molecule has 0 unspecified atom stereocenters. The van der Waals surface area contributed by atoms with Gasteiger partial charge in [-0.2, -0.15) is 0 Å². The molecular weight excluding hydrogens is 246 g/mol. The van der Waals surface area contributed by atoms with Crippen LogP contribution in [0.15, 0.2) is 48.5 Å². The van der Waals surface area contributed by atoms with Crippen LogP contribution < -0.4 is 10.1 Å². The fraction of sp³-hybridized carbons (Fsp3) is 0.333. The molecule has 0 fully saturated rings. The van der Waals surface area contributed by atoms with E-state index < -0.39 is 0 Å². The molecular formula is C18H23NO. The summed E-state index contributed by atoms with van der Waals surface area (Å²) in [6.07, 6.45) is 0.998. The molecule has 0 aliphatic carbocycles. The van der Waals surface area contributed by atoms with E-state index >= 15 is 0 Å². The van der Waals surface area contributed by atoms with Crippen LogP contribution in [0.5, 0.6) is 5.75 Å². The molecule has 0 aromatic heterocycles. The second-order valence-corrected chi connectivity index (χ2v) is 4.85. The smallest absolute Gasteiger partial charge is 0.122 e. The first-order valence-corrected chi connectivity index (χ1v) is 7.32. The molecule has 1 N–H and O–H groups in total. The summed E-state index contributed by atoms with van der Waals surface area (Å²) in [7, 11) is 0. The Morgan fingerprint density at radius 2 is 1.60 bits per heavy atom. The highest BCUT2D eigenvalue weighted by Crippen LogP contribution is 2.19. The van der Waals surface area contributed by atoms with E-state index in [4.69, 9.17) is 4.74 Å².